The summed E-state index contributed by atoms with van der Waals surface area (Å²) in [5, 5.41) is -0.486. The molecule has 4 rings (SSSR count). The summed E-state index contributed by atoms with van der Waals surface area (Å²) >= 11 is 0. The Kier molecular flexibility index (Phi) is 4.28. The third-order valence-electron chi connectivity index (χ3n) is 4.73. The minimum absolute atomic E-state index is 0.339. The average Bonchev–Trinajstić information content (AvgIpc) is 2.68. The molecule has 0 saturated heterocycles. The van der Waals surface area contributed by atoms with Crippen LogP contribution < -0.4 is 0 Å². The number of aromatic nitrogens is 2. The Bertz CT molecular complexity index is 1050. The summed E-state index contributed by atoms with van der Waals surface area (Å²) in [4.78, 5) is 9.10. The molecular formula is C20H17FN2O2S. The van der Waals surface area contributed by atoms with Crippen LogP contribution in [-0.4, -0.2) is 23.6 Å². The van der Waals surface area contributed by atoms with Gasteiger partial charge < -0.3 is 0 Å². The molecule has 1 aromatic heterocycles. The van der Waals surface area contributed by atoms with Crippen LogP contribution in [0.5, 0.6) is 0 Å². The van der Waals surface area contributed by atoms with Crippen LogP contribution in [0.4, 0.5) is 4.39 Å². The Hall–Kier alpha value is -2.60. The van der Waals surface area contributed by atoms with Gasteiger partial charge in [-0.1, -0.05) is 30.3 Å². The predicted octanol–water partition coefficient (Wildman–Crippen LogP) is 3.61. The number of sulfone groups is 1. The number of rotatable bonds is 3. The van der Waals surface area contributed by atoms with Crippen molar-refractivity contribution in [2.24, 2.45) is 0 Å². The number of aryl methyl sites for hydroxylation is 1. The molecule has 0 N–H and O–H groups in total. The van der Waals surface area contributed by atoms with Gasteiger partial charge in [0.25, 0.3) is 0 Å². The first kappa shape index (κ1) is 16.8. The zero-order valence-electron chi connectivity index (χ0n) is 14.0. The van der Waals surface area contributed by atoms with Crippen LogP contribution >= 0.6 is 0 Å². The third-order valence-corrected chi connectivity index (χ3v) is 6.94. The fourth-order valence-corrected chi connectivity index (χ4v) is 5.06. The Morgan fingerprint density at radius 2 is 1.73 bits per heavy atom. The minimum Gasteiger partial charge on any atom is -0.236 e. The van der Waals surface area contributed by atoms with Gasteiger partial charge in [0.05, 0.1) is 15.7 Å². The average molecular weight is 368 g/mol. The van der Waals surface area contributed by atoms with Crippen LogP contribution in [0.3, 0.4) is 0 Å². The van der Waals surface area contributed by atoms with E-state index in [0.717, 1.165) is 11.3 Å². The van der Waals surface area contributed by atoms with Crippen molar-refractivity contribution in [3.63, 3.8) is 0 Å². The molecule has 1 atom stereocenters. The van der Waals surface area contributed by atoms with E-state index in [2.05, 4.69) is 9.97 Å². The zero-order chi connectivity index (χ0) is 18.1. The number of hydrogen-bond acceptors (Lipinski definition) is 4. The lowest BCUT2D eigenvalue weighted by Crippen LogP contribution is -2.29. The van der Waals surface area contributed by atoms with Crippen LogP contribution in [0.25, 0.3) is 11.4 Å². The number of halogens is 1. The summed E-state index contributed by atoms with van der Waals surface area (Å²) in [5.41, 5.74) is 1.98. The number of fused-ring (bicyclic) bond motifs is 1. The molecule has 1 unspecified atom stereocenters. The predicted molar refractivity (Wildman–Crippen MR) is 96.9 cm³/mol. The second kappa shape index (κ2) is 6.61. The molecule has 3 aromatic rings. The standard InChI is InChI=1S/C20H17FN2O2S/c21-18-9-5-4-8-17(18)20-22-13-14-12-16(10-11-19(14)23-20)26(24,25)15-6-2-1-3-7-15/h1-9,13,16H,10-12H2. The molecule has 132 valence electrons. The first-order chi connectivity index (χ1) is 12.6. The van der Waals surface area contributed by atoms with Gasteiger partial charge in [0.2, 0.25) is 0 Å². The van der Waals surface area contributed by atoms with Gasteiger partial charge in [-0.3, -0.25) is 0 Å². The SMILES string of the molecule is O=S(=O)(c1ccccc1)C1CCc2nc(-c3ccccc3F)ncc2C1. The molecule has 0 aliphatic heterocycles. The summed E-state index contributed by atoms with van der Waals surface area (Å²) in [6.07, 6.45) is 3.05. The quantitative estimate of drug-likeness (QED) is 0.709. The molecule has 0 radical (unpaired) electrons. The van der Waals surface area contributed by atoms with Crippen molar-refractivity contribution in [1.82, 2.24) is 9.97 Å². The number of benzene rings is 2. The smallest absolute Gasteiger partial charge is 0.181 e. The molecule has 4 nitrogen and oxygen atoms in total. The normalized spacial score (nSPS) is 16.9. The lowest BCUT2D eigenvalue weighted by molar-refractivity contribution is 0.558. The van der Waals surface area contributed by atoms with Crippen molar-refractivity contribution in [3.8, 4) is 11.4 Å². The summed E-state index contributed by atoms with van der Waals surface area (Å²) in [7, 11) is -3.39. The summed E-state index contributed by atoms with van der Waals surface area (Å²) in [6.45, 7) is 0. The highest BCUT2D eigenvalue weighted by atomic mass is 32.2. The van der Waals surface area contributed by atoms with E-state index in [-0.39, 0.29) is 5.82 Å². The zero-order valence-corrected chi connectivity index (χ0v) is 14.8. The molecule has 0 fully saturated rings. The first-order valence-corrected chi connectivity index (χ1v) is 9.99. The molecule has 0 spiro atoms. The molecule has 26 heavy (non-hydrogen) atoms. The lowest BCUT2D eigenvalue weighted by atomic mass is 9.96. The van der Waals surface area contributed by atoms with Crippen LogP contribution in [0, 0.1) is 5.82 Å². The second-order valence-corrected chi connectivity index (χ2v) is 8.60. The van der Waals surface area contributed by atoms with Crippen molar-refractivity contribution in [3.05, 3.63) is 77.9 Å². The highest BCUT2D eigenvalue weighted by Gasteiger charge is 2.32. The molecular weight excluding hydrogens is 351 g/mol. The molecule has 0 bridgehead atoms. The van der Waals surface area contributed by atoms with E-state index in [1.54, 1.807) is 54.7 Å². The van der Waals surface area contributed by atoms with E-state index >= 15 is 0 Å². The van der Waals surface area contributed by atoms with E-state index in [0.29, 0.717) is 35.5 Å². The molecule has 1 heterocycles. The van der Waals surface area contributed by atoms with Gasteiger partial charge in [-0.15, -0.1) is 0 Å². The Balaban J connectivity index is 1.64. The fraction of sp³-hybridized carbons (Fsp3) is 0.200. The van der Waals surface area contributed by atoms with Crippen molar-refractivity contribution in [1.29, 1.82) is 0 Å². The van der Waals surface area contributed by atoms with Gasteiger partial charge in [-0.05, 0) is 49.1 Å². The lowest BCUT2D eigenvalue weighted by Gasteiger charge is -2.24. The topological polar surface area (TPSA) is 59.9 Å². The third kappa shape index (κ3) is 3.01. The van der Waals surface area contributed by atoms with Crippen LogP contribution in [0.15, 0.2) is 65.7 Å². The largest absolute Gasteiger partial charge is 0.236 e. The van der Waals surface area contributed by atoms with Gasteiger partial charge in [-0.2, -0.15) is 0 Å². The van der Waals surface area contributed by atoms with Crippen molar-refractivity contribution in [2.75, 3.05) is 0 Å². The Labute approximate surface area is 151 Å². The van der Waals surface area contributed by atoms with Crippen LogP contribution in [0.1, 0.15) is 17.7 Å². The van der Waals surface area contributed by atoms with Crippen LogP contribution in [0.2, 0.25) is 0 Å². The van der Waals surface area contributed by atoms with E-state index in [9.17, 15) is 12.8 Å². The van der Waals surface area contributed by atoms with Gasteiger partial charge in [0.15, 0.2) is 15.7 Å². The first-order valence-electron chi connectivity index (χ1n) is 8.44. The van der Waals surface area contributed by atoms with Crippen molar-refractivity contribution < 1.29 is 12.8 Å². The molecule has 0 amide bonds. The van der Waals surface area contributed by atoms with E-state index < -0.39 is 15.1 Å². The highest BCUT2D eigenvalue weighted by molar-refractivity contribution is 7.92. The van der Waals surface area contributed by atoms with E-state index in [1.165, 1.54) is 6.07 Å². The summed E-state index contributed by atoms with van der Waals surface area (Å²) < 4.78 is 39.6. The van der Waals surface area contributed by atoms with Crippen molar-refractivity contribution >= 4 is 9.84 Å². The molecule has 2 aromatic carbocycles. The highest BCUT2D eigenvalue weighted by Crippen LogP contribution is 2.29. The molecule has 6 heteroatoms. The molecule has 1 aliphatic carbocycles. The Morgan fingerprint density at radius 1 is 1.00 bits per heavy atom. The van der Waals surface area contributed by atoms with Gasteiger partial charge in [0, 0.05) is 11.9 Å². The maximum atomic E-state index is 14.0. The number of nitrogens with zero attached hydrogens (tertiary/aromatic N) is 2. The van der Waals surface area contributed by atoms with Crippen LogP contribution in [-0.2, 0) is 22.7 Å². The van der Waals surface area contributed by atoms with Crippen molar-refractivity contribution in [2.45, 2.75) is 29.4 Å². The summed E-state index contributed by atoms with van der Waals surface area (Å²) in [6, 6.07) is 14.9. The monoisotopic (exact) mass is 368 g/mol. The van der Waals surface area contributed by atoms with Gasteiger partial charge in [0.1, 0.15) is 5.82 Å². The second-order valence-electron chi connectivity index (χ2n) is 6.37. The van der Waals surface area contributed by atoms with Gasteiger partial charge >= 0.3 is 0 Å². The fourth-order valence-electron chi connectivity index (χ4n) is 3.31. The van der Waals surface area contributed by atoms with E-state index in [1.807, 2.05) is 0 Å². The molecule has 0 saturated carbocycles. The van der Waals surface area contributed by atoms with Gasteiger partial charge in [-0.25, -0.2) is 22.8 Å². The Morgan fingerprint density at radius 3 is 2.50 bits per heavy atom. The maximum Gasteiger partial charge on any atom is 0.181 e. The maximum absolute atomic E-state index is 14.0. The molecule has 1 aliphatic rings. The summed E-state index contributed by atoms with van der Waals surface area (Å²) in [5.74, 6) is -0.0287. The van der Waals surface area contributed by atoms with E-state index in [4.69, 9.17) is 0 Å². The number of hydrogen-bond donors (Lipinski definition) is 0. The minimum atomic E-state index is -3.39.